The van der Waals surface area contributed by atoms with Crippen LogP contribution < -0.4 is 4.74 Å². The van der Waals surface area contributed by atoms with E-state index in [-0.39, 0.29) is 12.4 Å². The predicted octanol–water partition coefficient (Wildman–Crippen LogP) is 3.64. The van der Waals surface area contributed by atoms with Gasteiger partial charge in [0.2, 0.25) is 0 Å². The van der Waals surface area contributed by atoms with Crippen LogP contribution in [0.2, 0.25) is 0 Å². The second-order valence-corrected chi connectivity index (χ2v) is 4.53. The van der Waals surface area contributed by atoms with Crippen molar-refractivity contribution in [2.24, 2.45) is 0 Å². The molecule has 0 aliphatic carbocycles. The zero-order chi connectivity index (χ0) is 15.8. The molecule has 0 aromatic heterocycles. The van der Waals surface area contributed by atoms with Crippen molar-refractivity contribution in [1.29, 1.82) is 0 Å². The molecule has 0 saturated carbocycles. The minimum atomic E-state index is -0.446. The van der Waals surface area contributed by atoms with Crippen molar-refractivity contribution >= 4 is 17.3 Å². The van der Waals surface area contributed by atoms with E-state index in [0.717, 1.165) is 17.6 Å². The molecule has 0 bridgehead atoms. The number of ketones is 1. The lowest BCUT2D eigenvalue weighted by Crippen LogP contribution is -2.15. The maximum Gasteiger partial charge on any atom is 0.344 e. The predicted molar refractivity (Wildman–Crippen MR) is 82.5 cm³/mol. The van der Waals surface area contributed by atoms with Crippen LogP contribution in [0.25, 0.3) is 5.57 Å². The number of carbonyl (C=O) groups is 2. The monoisotopic (exact) mass is 290 g/mol. The summed E-state index contributed by atoms with van der Waals surface area (Å²) in [6.45, 7) is 7.36. The summed E-state index contributed by atoms with van der Waals surface area (Å²) in [6.07, 6.45) is 2.91. The van der Waals surface area contributed by atoms with Gasteiger partial charge in [-0.15, -0.1) is 0 Å². The molecule has 1 rings (SSSR count). The van der Waals surface area contributed by atoms with E-state index >= 15 is 0 Å². The van der Waals surface area contributed by atoms with Gasteiger partial charge in [0.05, 0.1) is 12.2 Å². The lowest BCUT2D eigenvalue weighted by atomic mass is 9.99. The van der Waals surface area contributed by atoms with Crippen molar-refractivity contribution in [2.45, 2.75) is 34.1 Å². The third-order valence-electron chi connectivity index (χ3n) is 3.11. The van der Waals surface area contributed by atoms with E-state index in [2.05, 4.69) is 6.92 Å². The Hall–Kier alpha value is -2.10. The number of ether oxygens (including phenoxy) is 2. The fraction of sp³-hybridized carbons (Fsp3) is 0.412. The molecule has 0 fully saturated rings. The van der Waals surface area contributed by atoms with Gasteiger partial charge in [0.1, 0.15) is 5.75 Å². The van der Waals surface area contributed by atoms with Crippen LogP contribution in [0.3, 0.4) is 0 Å². The van der Waals surface area contributed by atoms with Gasteiger partial charge in [0.15, 0.2) is 12.4 Å². The highest BCUT2D eigenvalue weighted by atomic mass is 16.6. The number of allylic oxidation sites excluding steroid dienone is 2. The summed E-state index contributed by atoms with van der Waals surface area (Å²) in [5, 5.41) is 0. The Morgan fingerprint density at radius 3 is 2.48 bits per heavy atom. The standard InChI is InChI=1S/C17H22O4/c1-5-13(6-2)14-8-9-16(15(10-14)12(4)18)21-11-17(19)20-7-3/h5,8-10H,6-7,11H2,1-4H3. The zero-order valence-corrected chi connectivity index (χ0v) is 13.1. The van der Waals surface area contributed by atoms with Gasteiger partial charge in [-0.05, 0) is 50.5 Å². The fourth-order valence-electron chi connectivity index (χ4n) is 2.04. The summed E-state index contributed by atoms with van der Waals surface area (Å²) in [4.78, 5) is 23.1. The minimum absolute atomic E-state index is 0.0951. The van der Waals surface area contributed by atoms with Crippen LogP contribution in [0.5, 0.6) is 5.75 Å². The van der Waals surface area contributed by atoms with E-state index in [1.54, 1.807) is 13.0 Å². The number of benzene rings is 1. The first-order chi connectivity index (χ1) is 10.0. The van der Waals surface area contributed by atoms with Gasteiger partial charge in [-0.3, -0.25) is 4.79 Å². The first-order valence-electron chi connectivity index (χ1n) is 7.12. The SMILES string of the molecule is CC=C(CC)c1ccc(OCC(=O)OCC)c(C(C)=O)c1. The van der Waals surface area contributed by atoms with E-state index in [9.17, 15) is 9.59 Å². The molecule has 0 heterocycles. The second-order valence-electron chi connectivity index (χ2n) is 4.53. The summed E-state index contributed by atoms with van der Waals surface area (Å²) >= 11 is 0. The average molecular weight is 290 g/mol. The topological polar surface area (TPSA) is 52.6 Å². The maximum atomic E-state index is 11.8. The number of carbonyl (C=O) groups excluding carboxylic acids is 2. The second kappa shape index (κ2) is 8.25. The van der Waals surface area contributed by atoms with Gasteiger partial charge in [0.25, 0.3) is 0 Å². The number of hydrogen-bond donors (Lipinski definition) is 0. The molecule has 0 unspecified atom stereocenters. The van der Waals surface area contributed by atoms with Crippen LogP contribution in [-0.2, 0) is 9.53 Å². The molecule has 0 N–H and O–H groups in total. The Kier molecular flexibility index (Phi) is 6.66. The number of Topliss-reactive ketones (excluding diaryl/α,β-unsaturated/α-hetero) is 1. The summed E-state index contributed by atoms with van der Waals surface area (Å²) in [5.41, 5.74) is 2.63. The Morgan fingerprint density at radius 1 is 1.24 bits per heavy atom. The lowest BCUT2D eigenvalue weighted by molar-refractivity contribution is -0.145. The quantitative estimate of drug-likeness (QED) is 0.568. The smallest absolute Gasteiger partial charge is 0.344 e. The molecule has 0 saturated heterocycles. The highest BCUT2D eigenvalue weighted by molar-refractivity contribution is 5.97. The number of esters is 1. The highest BCUT2D eigenvalue weighted by Gasteiger charge is 2.13. The van der Waals surface area contributed by atoms with Gasteiger partial charge in [-0.25, -0.2) is 4.79 Å². The lowest BCUT2D eigenvalue weighted by Gasteiger charge is -2.12. The number of hydrogen-bond acceptors (Lipinski definition) is 4. The Bertz CT molecular complexity index is 544. The molecule has 4 nitrogen and oxygen atoms in total. The van der Waals surface area contributed by atoms with Crippen LogP contribution in [0, 0.1) is 0 Å². The molecule has 0 spiro atoms. The van der Waals surface area contributed by atoms with E-state index in [1.165, 1.54) is 6.92 Å². The van der Waals surface area contributed by atoms with Crippen LogP contribution in [0.15, 0.2) is 24.3 Å². The zero-order valence-electron chi connectivity index (χ0n) is 13.1. The van der Waals surface area contributed by atoms with E-state index in [4.69, 9.17) is 9.47 Å². The molecule has 0 aliphatic heterocycles. The van der Waals surface area contributed by atoms with Gasteiger partial charge < -0.3 is 9.47 Å². The Balaban J connectivity index is 3.00. The molecule has 0 aliphatic rings. The van der Waals surface area contributed by atoms with E-state index < -0.39 is 5.97 Å². The van der Waals surface area contributed by atoms with Crippen molar-refractivity contribution in [3.05, 3.63) is 35.4 Å². The van der Waals surface area contributed by atoms with Crippen molar-refractivity contribution < 1.29 is 19.1 Å². The van der Waals surface area contributed by atoms with Crippen LogP contribution in [0.4, 0.5) is 0 Å². The van der Waals surface area contributed by atoms with Gasteiger partial charge in [-0.1, -0.05) is 19.1 Å². The third-order valence-corrected chi connectivity index (χ3v) is 3.11. The van der Waals surface area contributed by atoms with E-state index in [1.807, 2.05) is 25.1 Å². The molecular weight excluding hydrogens is 268 g/mol. The Labute approximate surface area is 125 Å². The molecule has 0 radical (unpaired) electrons. The normalized spacial score (nSPS) is 11.1. The molecule has 0 atom stereocenters. The molecule has 114 valence electrons. The van der Waals surface area contributed by atoms with Crippen LogP contribution in [-0.4, -0.2) is 25.0 Å². The summed E-state index contributed by atoms with van der Waals surface area (Å²) in [6, 6.07) is 5.43. The van der Waals surface area contributed by atoms with Gasteiger partial charge >= 0.3 is 5.97 Å². The summed E-state index contributed by atoms with van der Waals surface area (Å²) < 4.78 is 10.2. The van der Waals surface area contributed by atoms with Crippen molar-refractivity contribution in [2.75, 3.05) is 13.2 Å². The fourth-order valence-corrected chi connectivity index (χ4v) is 2.04. The van der Waals surface area contributed by atoms with Gasteiger partial charge in [0, 0.05) is 0 Å². The van der Waals surface area contributed by atoms with Crippen molar-refractivity contribution in [3.63, 3.8) is 0 Å². The van der Waals surface area contributed by atoms with Gasteiger partial charge in [-0.2, -0.15) is 0 Å². The molecule has 1 aromatic rings. The minimum Gasteiger partial charge on any atom is -0.481 e. The van der Waals surface area contributed by atoms with Crippen LogP contribution >= 0.6 is 0 Å². The summed E-state index contributed by atoms with van der Waals surface area (Å²) in [5.74, 6) is -0.132. The molecule has 21 heavy (non-hydrogen) atoms. The molecule has 4 heteroatoms. The van der Waals surface area contributed by atoms with Crippen molar-refractivity contribution in [3.8, 4) is 5.75 Å². The number of rotatable bonds is 7. The molecule has 0 amide bonds. The largest absolute Gasteiger partial charge is 0.481 e. The van der Waals surface area contributed by atoms with E-state index in [0.29, 0.717) is 17.9 Å². The van der Waals surface area contributed by atoms with Crippen LogP contribution in [0.1, 0.15) is 50.0 Å². The third kappa shape index (κ3) is 4.74. The first-order valence-corrected chi connectivity index (χ1v) is 7.12. The van der Waals surface area contributed by atoms with Crippen molar-refractivity contribution in [1.82, 2.24) is 0 Å². The highest BCUT2D eigenvalue weighted by Crippen LogP contribution is 2.26. The average Bonchev–Trinajstić information content (AvgIpc) is 2.47. The maximum absolute atomic E-state index is 11.8. The first kappa shape index (κ1) is 17.0. The summed E-state index contributed by atoms with van der Waals surface area (Å²) in [7, 11) is 0. The molecule has 1 aromatic carbocycles. The molecular formula is C17H22O4. The Morgan fingerprint density at radius 2 is 1.95 bits per heavy atom.